The molecule has 90 valence electrons. The van der Waals surface area contributed by atoms with Gasteiger partial charge in [0.05, 0.1) is 7.11 Å². The highest BCUT2D eigenvalue weighted by Crippen LogP contribution is 2.38. The average Bonchev–Trinajstić information content (AvgIpc) is 2.32. The Kier molecular flexibility index (Phi) is 3.97. The molecule has 0 aromatic heterocycles. The second kappa shape index (κ2) is 5.67. The van der Waals surface area contributed by atoms with E-state index in [0.717, 1.165) is 24.0 Å². The molecular formula is C15H18O2. The zero-order chi connectivity index (χ0) is 12.1. The Morgan fingerprint density at radius 1 is 1.35 bits per heavy atom. The first-order valence-electron chi connectivity index (χ1n) is 6.14. The summed E-state index contributed by atoms with van der Waals surface area (Å²) < 4.78 is 5.40. The number of benzene rings is 1. The fraction of sp³-hybridized carbons (Fsp3) is 0.400. The molecule has 0 saturated heterocycles. The van der Waals surface area contributed by atoms with Crippen molar-refractivity contribution in [3.63, 3.8) is 0 Å². The van der Waals surface area contributed by atoms with E-state index in [1.165, 1.54) is 30.4 Å². The number of para-hydroxylation sites is 1. The number of carbonyl (C=O) groups excluding carboxylic acids is 1. The van der Waals surface area contributed by atoms with Gasteiger partial charge in [-0.15, -0.1) is 0 Å². The molecule has 17 heavy (non-hydrogen) atoms. The predicted octanol–water partition coefficient (Wildman–Crippen LogP) is 3.61. The van der Waals surface area contributed by atoms with Gasteiger partial charge in [-0.25, -0.2) is 0 Å². The summed E-state index contributed by atoms with van der Waals surface area (Å²) in [5, 5.41) is 0. The summed E-state index contributed by atoms with van der Waals surface area (Å²) in [6, 6.07) is 8.07. The lowest BCUT2D eigenvalue weighted by Gasteiger charge is -2.23. The van der Waals surface area contributed by atoms with Crippen molar-refractivity contribution in [2.45, 2.75) is 32.1 Å². The zero-order valence-electron chi connectivity index (χ0n) is 10.2. The first kappa shape index (κ1) is 11.9. The van der Waals surface area contributed by atoms with Crippen molar-refractivity contribution in [1.82, 2.24) is 0 Å². The minimum Gasteiger partial charge on any atom is -0.496 e. The second-order valence-electron chi connectivity index (χ2n) is 4.34. The van der Waals surface area contributed by atoms with Gasteiger partial charge in [-0.1, -0.05) is 23.8 Å². The van der Waals surface area contributed by atoms with Crippen molar-refractivity contribution in [2.24, 2.45) is 0 Å². The largest absolute Gasteiger partial charge is 0.496 e. The van der Waals surface area contributed by atoms with Crippen molar-refractivity contribution in [2.75, 3.05) is 7.11 Å². The quantitative estimate of drug-likeness (QED) is 0.722. The molecule has 2 heteroatoms. The van der Waals surface area contributed by atoms with E-state index in [2.05, 4.69) is 6.07 Å². The Hall–Kier alpha value is -1.57. The van der Waals surface area contributed by atoms with E-state index in [-0.39, 0.29) is 0 Å². The third-order valence-corrected chi connectivity index (χ3v) is 3.33. The molecule has 1 aliphatic rings. The van der Waals surface area contributed by atoms with Crippen LogP contribution in [0.25, 0.3) is 5.57 Å². The Morgan fingerprint density at radius 2 is 2.12 bits per heavy atom. The summed E-state index contributed by atoms with van der Waals surface area (Å²) in [5.41, 5.74) is 3.98. The maximum Gasteiger partial charge on any atom is 0.126 e. The van der Waals surface area contributed by atoms with Gasteiger partial charge < -0.3 is 9.53 Å². The van der Waals surface area contributed by atoms with Crippen LogP contribution in [0.5, 0.6) is 5.75 Å². The van der Waals surface area contributed by atoms with Gasteiger partial charge in [-0.2, -0.15) is 0 Å². The smallest absolute Gasteiger partial charge is 0.126 e. The van der Waals surface area contributed by atoms with E-state index >= 15 is 0 Å². The molecule has 0 unspecified atom stereocenters. The fourth-order valence-corrected chi connectivity index (χ4v) is 2.25. The third kappa shape index (κ3) is 2.57. The van der Waals surface area contributed by atoms with Crippen LogP contribution >= 0.6 is 0 Å². The van der Waals surface area contributed by atoms with Crippen LogP contribution in [0.3, 0.4) is 0 Å². The first-order chi connectivity index (χ1) is 8.36. The number of aldehydes is 1. The molecule has 0 radical (unpaired) electrons. The number of carbonyl (C=O) groups is 1. The summed E-state index contributed by atoms with van der Waals surface area (Å²) in [4.78, 5) is 10.6. The van der Waals surface area contributed by atoms with Crippen LogP contribution < -0.4 is 4.74 Å². The molecule has 0 bridgehead atoms. The summed E-state index contributed by atoms with van der Waals surface area (Å²) in [6.07, 6.45) is 6.04. The topological polar surface area (TPSA) is 26.3 Å². The Labute approximate surface area is 102 Å². The normalized spacial score (nSPS) is 14.1. The number of hydrogen-bond acceptors (Lipinski definition) is 2. The van der Waals surface area contributed by atoms with Crippen LogP contribution in [0, 0.1) is 0 Å². The van der Waals surface area contributed by atoms with E-state index in [4.69, 9.17) is 4.74 Å². The molecule has 0 N–H and O–H groups in total. The van der Waals surface area contributed by atoms with E-state index in [0.29, 0.717) is 6.42 Å². The highest BCUT2D eigenvalue weighted by Gasteiger charge is 2.17. The van der Waals surface area contributed by atoms with Gasteiger partial charge in [0.2, 0.25) is 0 Å². The average molecular weight is 230 g/mol. The minimum absolute atomic E-state index is 0.594. The molecule has 1 aliphatic carbocycles. The molecule has 2 rings (SSSR count). The molecule has 1 saturated carbocycles. The number of hydrogen-bond donors (Lipinski definition) is 0. The van der Waals surface area contributed by atoms with Crippen LogP contribution in [0.4, 0.5) is 0 Å². The van der Waals surface area contributed by atoms with Crippen LogP contribution in [0.1, 0.15) is 37.7 Å². The first-order valence-corrected chi connectivity index (χ1v) is 6.14. The highest BCUT2D eigenvalue weighted by atomic mass is 16.5. The molecule has 0 atom stereocenters. The van der Waals surface area contributed by atoms with Crippen molar-refractivity contribution in [3.8, 4) is 5.75 Å². The Balaban J connectivity index is 2.35. The molecule has 0 heterocycles. The molecule has 2 nitrogen and oxygen atoms in total. The van der Waals surface area contributed by atoms with Crippen LogP contribution in [0.2, 0.25) is 0 Å². The van der Waals surface area contributed by atoms with Crippen molar-refractivity contribution in [1.29, 1.82) is 0 Å². The number of ether oxygens (including phenoxy) is 1. The van der Waals surface area contributed by atoms with Gasteiger partial charge in [0.1, 0.15) is 12.0 Å². The summed E-state index contributed by atoms with van der Waals surface area (Å²) in [5.74, 6) is 0.910. The van der Waals surface area contributed by atoms with Gasteiger partial charge >= 0.3 is 0 Å². The lowest BCUT2D eigenvalue weighted by atomic mass is 9.83. The van der Waals surface area contributed by atoms with E-state index < -0.39 is 0 Å². The lowest BCUT2D eigenvalue weighted by Crippen LogP contribution is -2.03. The van der Waals surface area contributed by atoms with Gasteiger partial charge in [0.15, 0.2) is 0 Å². The molecule has 0 spiro atoms. The summed E-state index contributed by atoms with van der Waals surface area (Å²) >= 11 is 0. The molecule has 1 aromatic rings. The highest BCUT2D eigenvalue weighted by molar-refractivity contribution is 5.75. The lowest BCUT2D eigenvalue weighted by molar-refractivity contribution is -0.107. The minimum atomic E-state index is 0.594. The third-order valence-electron chi connectivity index (χ3n) is 3.33. The van der Waals surface area contributed by atoms with Gasteiger partial charge in [0.25, 0.3) is 0 Å². The summed E-state index contributed by atoms with van der Waals surface area (Å²) in [7, 11) is 1.70. The van der Waals surface area contributed by atoms with Gasteiger partial charge in [-0.05, 0) is 37.3 Å². The van der Waals surface area contributed by atoms with Crippen LogP contribution in [0.15, 0.2) is 29.8 Å². The molecule has 0 amide bonds. The number of methoxy groups -OCH3 is 1. The Morgan fingerprint density at radius 3 is 2.71 bits per heavy atom. The maximum atomic E-state index is 10.6. The summed E-state index contributed by atoms with van der Waals surface area (Å²) in [6.45, 7) is 0. The molecule has 1 aromatic carbocycles. The van der Waals surface area contributed by atoms with Crippen molar-refractivity contribution in [3.05, 3.63) is 35.4 Å². The monoisotopic (exact) mass is 230 g/mol. The Bertz CT molecular complexity index is 426. The standard InChI is InChI=1S/C15H18O2/c1-17-15-10-3-2-8-14(15)13(9-5-11-16)12-6-4-7-12/h2-3,8,10-11H,4-7,9H2,1H3. The van der Waals surface area contributed by atoms with Crippen molar-refractivity contribution < 1.29 is 9.53 Å². The van der Waals surface area contributed by atoms with Crippen molar-refractivity contribution >= 4 is 11.9 Å². The number of rotatable bonds is 5. The number of allylic oxidation sites excluding steroid dienone is 2. The van der Waals surface area contributed by atoms with Gasteiger partial charge in [0, 0.05) is 12.0 Å². The second-order valence-corrected chi connectivity index (χ2v) is 4.34. The predicted molar refractivity (Wildman–Crippen MR) is 69.1 cm³/mol. The van der Waals surface area contributed by atoms with Crippen LogP contribution in [-0.4, -0.2) is 13.4 Å². The maximum absolute atomic E-state index is 10.6. The van der Waals surface area contributed by atoms with E-state index in [1.54, 1.807) is 7.11 Å². The van der Waals surface area contributed by atoms with E-state index in [9.17, 15) is 4.79 Å². The zero-order valence-corrected chi connectivity index (χ0v) is 10.2. The van der Waals surface area contributed by atoms with Gasteiger partial charge in [-0.3, -0.25) is 0 Å². The van der Waals surface area contributed by atoms with E-state index in [1.807, 2.05) is 18.2 Å². The molecular weight excluding hydrogens is 212 g/mol. The SMILES string of the molecule is COc1ccccc1C(CCC=O)=C1CCC1. The molecule has 1 fully saturated rings. The molecule has 0 aliphatic heterocycles. The fourth-order valence-electron chi connectivity index (χ4n) is 2.25. The van der Waals surface area contributed by atoms with Crippen LogP contribution in [-0.2, 0) is 4.79 Å².